The lowest BCUT2D eigenvalue weighted by atomic mass is 10.1. The standard InChI is InChI=1S/C13H15NO2S/c1-9(14-7-10-5-6-17-8-10)13-11(15)3-2-4-12(13)16/h2-6,8-9,14-16H,7H2,1H3. The van der Waals surface area contributed by atoms with E-state index in [2.05, 4.69) is 16.8 Å². The summed E-state index contributed by atoms with van der Waals surface area (Å²) >= 11 is 1.65. The highest BCUT2D eigenvalue weighted by molar-refractivity contribution is 7.07. The van der Waals surface area contributed by atoms with Gasteiger partial charge < -0.3 is 15.5 Å². The van der Waals surface area contributed by atoms with Crippen LogP contribution in [0.3, 0.4) is 0 Å². The highest BCUT2D eigenvalue weighted by Gasteiger charge is 2.14. The maximum Gasteiger partial charge on any atom is 0.124 e. The molecule has 1 aromatic carbocycles. The van der Waals surface area contributed by atoms with E-state index in [9.17, 15) is 10.2 Å². The second-order valence-electron chi connectivity index (χ2n) is 3.94. The third-order valence-corrected chi connectivity index (χ3v) is 3.42. The molecule has 0 aliphatic heterocycles. The number of rotatable bonds is 4. The Labute approximate surface area is 104 Å². The van der Waals surface area contributed by atoms with E-state index in [4.69, 9.17) is 0 Å². The Kier molecular flexibility index (Phi) is 3.66. The average Bonchev–Trinajstić information content (AvgIpc) is 2.79. The molecule has 0 saturated heterocycles. The molecule has 0 radical (unpaired) electrons. The molecule has 3 nitrogen and oxygen atoms in total. The second-order valence-corrected chi connectivity index (χ2v) is 4.72. The Hall–Kier alpha value is -1.52. The van der Waals surface area contributed by atoms with Crippen LogP contribution in [0.25, 0.3) is 0 Å². The van der Waals surface area contributed by atoms with E-state index in [1.807, 2.05) is 12.3 Å². The first-order valence-corrected chi connectivity index (χ1v) is 6.38. The van der Waals surface area contributed by atoms with Gasteiger partial charge >= 0.3 is 0 Å². The summed E-state index contributed by atoms with van der Waals surface area (Å²) in [5.41, 5.74) is 1.75. The molecule has 0 bridgehead atoms. The average molecular weight is 249 g/mol. The number of phenols is 2. The molecule has 4 heteroatoms. The van der Waals surface area contributed by atoms with Gasteiger partial charge in [0, 0.05) is 12.6 Å². The summed E-state index contributed by atoms with van der Waals surface area (Å²) in [7, 11) is 0. The highest BCUT2D eigenvalue weighted by atomic mass is 32.1. The lowest BCUT2D eigenvalue weighted by Crippen LogP contribution is -2.17. The molecule has 0 spiro atoms. The van der Waals surface area contributed by atoms with Crippen LogP contribution in [0.4, 0.5) is 0 Å². The Balaban J connectivity index is 2.07. The van der Waals surface area contributed by atoms with Crippen LogP contribution in [0.1, 0.15) is 24.1 Å². The van der Waals surface area contributed by atoms with E-state index >= 15 is 0 Å². The van der Waals surface area contributed by atoms with E-state index < -0.39 is 0 Å². The maximum absolute atomic E-state index is 9.72. The van der Waals surface area contributed by atoms with Gasteiger partial charge in [0.1, 0.15) is 11.5 Å². The molecule has 2 rings (SSSR count). The van der Waals surface area contributed by atoms with Crippen LogP contribution in [0.15, 0.2) is 35.0 Å². The van der Waals surface area contributed by atoms with Gasteiger partial charge in [-0.1, -0.05) is 6.07 Å². The fourth-order valence-corrected chi connectivity index (χ4v) is 2.42. The van der Waals surface area contributed by atoms with Crippen LogP contribution in [-0.2, 0) is 6.54 Å². The van der Waals surface area contributed by atoms with E-state index in [1.54, 1.807) is 29.5 Å². The molecule has 90 valence electrons. The molecule has 1 unspecified atom stereocenters. The molecular weight excluding hydrogens is 234 g/mol. The molecule has 1 atom stereocenters. The van der Waals surface area contributed by atoms with E-state index in [0.717, 1.165) is 6.54 Å². The van der Waals surface area contributed by atoms with Gasteiger partial charge in [-0.3, -0.25) is 0 Å². The number of benzene rings is 1. The second kappa shape index (κ2) is 5.21. The molecule has 17 heavy (non-hydrogen) atoms. The normalized spacial score (nSPS) is 12.5. The van der Waals surface area contributed by atoms with Gasteiger partial charge in [-0.05, 0) is 41.4 Å². The van der Waals surface area contributed by atoms with E-state index in [-0.39, 0.29) is 17.5 Å². The Morgan fingerprint density at radius 2 is 1.94 bits per heavy atom. The van der Waals surface area contributed by atoms with E-state index in [1.165, 1.54) is 5.56 Å². The number of aromatic hydroxyl groups is 2. The Bertz CT molecular complexity index is 462. The van der Waals surface area contributed by atoms with Crippen molar-refractivity contribution in [1.29, 1.82) is 0 Å². The topological polar surface area (TPSA) is 52.5 Å². The van der Waals surface area contributed by atoms with Gasteiger partial charge in [-0.25, -0.2) is 0 Å². The van der Waals surface area contributed by atoms with Crippen LogP contribution in [0.2, 0.25) is 0 Å². The molecule has 1 heterocycles. The highest BCUT2D eigenvalue weighted by Crippen LogP contribution is 2.32. The van der Waals surface area contributed by atoms with Crippen molar-refractivity contribution < 1.29 is 10.2 Å². The van der Waals surface area contributed by atoms with Gasteiger partial charge in [0.25, 0.3) is 0 Å². The van der Waals surface area contributed by atoms with Crippen LogP contribution < -0.4 is 5.32 Å². The number of nitrogens with one attached hydrogen (secondary N) is 1. The first kappa shape index (κ1) is 12.0. The molecule has 0 amide bonds. The molecule has 2 aromatic rings. The summed E-state index contributed by atoms with van der Waals surface area (Å²) in [4.78, 5) is 0. The predicted octanol–water partition coefficient (Wildman–Crippen LogP) is 3.01. The first-order chi connectivity index (χ1) is 8.18. The minimum Gasteiger partial charge on any atom is -0.507 e. The largest absolute Gasteiger partial charge is 0.507 e. The first-order valence-electron chi connectivity index (χ1n) is 5.44. The van der Waals surface area contributed by atoms with Crippen molar-refractivity contribution in [2.75, 3.05) is 0 Å². The number of hydrogen-bond acceptors (Lipinski definition) is 4. The minimum absolute atomic E-state index is 0.101. The summed E-state index contributed by atoms with van der Waals surface area (Å²) < 4.78 is 0. The van der Waals surface area contributed by atoms with Crippen LogP contribution in [0.5, 0.6) is 11.5 Å². The zero-order valence-corrected chi connectivity index (χ0v) is 10.4. The zero-order chi connectivity index (χ0) is 12.3. The van der Waals surface area contributed by atoms with E-state index in [0.29, 0.717) is 5.56 Å². The lowest BCUT2D eigenvalue weighted by molar-refractivity contribution is 0.418. The van der Waals surface area contributed by atoms with Crippen LogP contribution in [0, 0.1) is 0 Å². The third kappa shape index (κ3) is 2.78. The monoisotopic (exact) mass is 249 g/mol. The summed E-state index contributed by atoms with van der Waals surface area (Å²) in [6.45, 7) is 2.64. The fraction of sp³-hybridized carbons (Fsp3) is 0.231. The van der Waals surface area contributed by atoms with Gasteiger partial charge in [0.05, 0.1) is 5.56 Å². The molecule has 0 aliphatic rings. The number of hydrogen-bond donors (Lipinski definition) is 3. The van der Waals surface area contributed by atoms with Crippen molar-refractivity contribution in [2.24, 2.45) is 0 Å². The van der Waals surface area contributed by atoms with Gasteiger partial charge in [-0.2, -0.15) is 11.3 Å². The van der Waals surface area contributed by atoms with Gasteiger partial charge in [0.2, 0.25) is 0 Å². The summed E-state index contributed by atoms with van der Waals surface area (Å²) in [6, 6.07) is 6.74. The van der Waals surface area contributed by atoms with Crippen LogP contribution in [-0.4, -0.2) is 10.2 Å². The molecular formula is C13H15NO2S. The van der Waals surface area contributed by atoms with Crippen molar-refractivity contribution >= 4 is 11.3 Å². The molecule has 1 aromatic heterocycles. The Morgan fingerprint density at radius 3 is 2.53 bits per heavy atom. The predicted molar refractivity (Wildman–Crippen MR) is 69.3 cm³/mol. The molecule has 0 aliphatic carbocycles. The SMILES string of the molecule is CC(NCc1ccsc1)c1c(O)cccc1O. The third-order valence-electron chi connectivity index (χ3n) is 2.69. The molecule has 3 N–H and O–H groups in total. The number of phenolic OH excluding ortho intramolecular Hbond substituents is 2. The van der Waals surface area contributed by atoms with Gasteiger partial charge in [0.15, 0.2) is 0 Å². The fourth-order valence-electron chi connectivity index (χ4n) is 1.75. The summed E-state index contributed by atoms with van der Waals surface area (Å²) in [5.74, 6) is 0.241. The Morgan fingerprint density at radius 1 is 1.24 bits per heavy atom. The number of thiophene rings is 1. The van der Waals surface area contributed by atoms with Crippen molar-refractivity contribution in [3.8, 4) is 11.5 Å². The molecule has 0 saturated carbocycles. The maximum atomic E-state index is 9.72. The van der Waals surface area contributed by atoms with Crippen molar-refractivity contribution in [3.63, 3.8) is 0 Å². The van der Waals surface area contributed by atoms with Gasteiger partial charge in [-0.15, -0.1) is 0 Å². The molecule has 0 fully saturated rings. The van der Waals surface area contributed by atoms with Crippen molar-refractivity contribution in [3.05, 3.63) is 46.2 Å². The minimum atomic E-state index is -0.101. The lowest BCUT2D eigenvalue weighted by Gasteiger charge is -2.16. The van der Waals surface area contributed by atoms with Crippen molar-refractivity contribution in [1.82, 2.24) is 5.32 Å². The van der Waals surface area contributed by atoms with Crippen LogP contribution >= 0.6 is 11.3 Å². The smallest absolute Gasteiger partial charge is 0.124 e. The summed E-state index contributed by atoms with van der Waals surface area (Å²) in [5, 5.41) is 26.8. The zero-order valence-electron chi connectivity index (χ0n) is 9.55. The van der Waals surface area contributed by atoms with Crippen molar-refractivity contribution in [2.45, 2.75) is 19.5 Å². The quantitative estimate of drug-likeness (QED) is 0.780. The summed E-state index contributed by atoms with van der Waals surface area (Å²) in [6.07, 6.45) is 0.